The molecule has 108 valence electrons. The van der Waals surface area contributed by atoms with Crippen LogP contribution in [0.4, 0.5) is 0 Å². The summed E-state index contributed by atoms with van der Waals surface area (Å²) in [6.45, 7) is 0. The lowest BCUT2D eigenvalue weighted by atomic mass is 10.2. The lowest BCUT2D eigenvalue weighted by Crippen LogP contribution is -2.09. The summed E-state index contributed by atoms with van der Waals surface area (Å²) in [5.41, 5.74) is 0.195. The number of ether oxygens (including phenoxy) is 1. The molecule has 2 aromatic rings. The fourth-order valence-corrected chi connectivity index (χ4v) is 2.79. The van der Waals surface area contributed by atoms with Crippen molar-refractivity contribution >= 4 is 21.7 Å². The Bertz CT molecular complexity index is 795. The van der Waals surface area contributed by atoms with Gasteiger partial charge in [0, 0.05) is 0 Å². The molecule has 0 radical (unpaired) electrons. The SMILES string of the molecule is COc1ccc(OS(=O)(=O)c2ccc(C#N)c(Cl)c2)cc1. The molecule has 0 fully saturated rings. The highest BCUT2D eigenvalue weighted by molar-refractivity contribution is 7.87. The van der Waals surface area contributed by atoms with Gasteiger partial charge in [-0.3, -0.25) is 0 Å². The third-order valence-corrected chi connectivity index (χ3v) is 4.17. The number of hydrogen-bond donors (Lipinski definition) is 0. The molecule has 21 heavy (non-hydrogen) atoms. The molecular weight excluding hydrogens is 314 g/mol. The van der Waals surface area contributed by atoms with Crippen molar-refractivity contribution in [2.75, 3.05) is 7.11 Å². The second-order valence-corrected chi connectivity index (χ2v) is 5.92. The summed E-state index contributed by atoms with van der Waals surface area (Å²) in [5, 5.41) is 8.82. The van der Waals surface area contributed by atoms with Crippen LogP contribution in [0, 0.1) is 11.3 Å². The van der Waals surface area contributed by atoms with Crippen molar-refractivity contribution in [2.24, 2.45) is 0 Å². The summed E-state index contributed by atoms with van der Waals surface area (Å²) < 4.78 is 34.2. The predicted molar refractivity (Wildman–Crippen MR) is 77.0 cm³/mol. The smallest absolute Gasteiger partial charge is 0.339 e. The van der Waals surface area contributed by atoms with E-state index >= 15 is 0 Å². The minimum absolute atomic E-state index is 0.0527. The van der Waals surface area contributed by atoms with E-state index in [4.69, 9.17) is 25.8 Å². The Morgan fingerprint density at radius 3 is 2.24 bits per heavy atom. The Kier molecular flexibility index (Phi) is 4.36. The molecule has 2 rings (SSSR count). The number of halogens is 1. The average Bonchev–Trinajstić information content (AvgIpc) is 2.47. The van der Waals surface area contributed by atoms with E-state index in [1.807, 2.05) is 6.07 Å². The summed E-state index contributed by atoms with van der Waals surface area (Å²) in [5.74, 6) is 0.734. The molecule has 0 heterocycles. The van der Waals surface area contributed by atoms with Crippen LogP contribution < -0.4 is 8.92 Å². The van der Waals surface area contributed by atoms with Gasteiger partial charge in [-0.1, -0.05) is 11.6 Å². The zero-order valence-electron chi connectivity index (χ0n) is 10.9. The van der Waals surface area contributed by atoms with Gasteiger partial charge in [0.15, 0.2) is 0 Å². The largest absolute Gasteiger partial charge is 0.497 e. The molecule has 5 nitrogen and oxygen atoms in total. The topological polar surface area (TPSA) is 76.4 Å². The Hall–Kier alpha value is -2.23. The van der Waals surface area contributed by atoms with E-state index in [0.29, 0.717) is 5.75 Å². The summed E-state index contributed by atoms with van der Waals surface area (Å²) in [4.78, 5) is -0.123. The first-order valence-corrected chi connectivity index (χ1v) is 7.53. The third-order valence-electron chi connectivity index (χ3n) is 2.62. The molecule has 0 saturated heterocycles. The van der Waals surface area contributed by atoms with Crippen LogP contribution in [0.2, 0.25) is 5.02 Å². The molecule has 0 aliphatic heterocycles. The maximum Gasteiger partial charge on any atom is 0.339 e. The lowest BCUT2D eigenvalue weighted by Gasteiger charge is -2.08. The molecule has 0 unspecified atom stereocenters. The van der Waals surface area contributed by atoms with Gasteiger partial charge in [0.2, 0.25) is 0 Å². The molecular formula is C14H10ClNO4S. The molecule has 2 aromatic carbocycles. The summed E-state index contributed by atoms with van der Waals surface area (Å²) in [6, 6.07) is 11.7. The summed E-state index contributed by atoms with van der Waals surface area (Å²) in [6.07, 6.45) is 0. The van der Waals surface area contributed by atoms with Gasteiger partial charge in [-0.25, -0.2) is 0 Å². The van der Waals surface area contributed by atoms with Crippen LogP contribution >= 0.6 is 11.6 Å². The monoisotopic (exact) mass is 323 g/mol. The van der Waals surface area contributed by atoms with Crippen LogP contribution in [0.25, 0.3) is 0 Å². The van der Waals surface area contributed by atoms with Crippen molar-refractivity contribution in [3.8, 4) is 17.6 Å². The molecule has 0 bridgehead atoms. The van der Waals surface area contributed by atoms with Crippen LogP contribution in [-0.2, 0) is 10.1 Å². The van der Waals surface area contributed by atoms with Crippen LogP contribution in [-0.4, -0.2) is 15.5 Å². The third kappa shape index (κ3) is 3.45. The van der Waals surface area contributed by atoms with E-state index in [9.17, 15) is 8.42 Å². The Balaban J connectivity index is 2.29. The van der Waals surface area contributed by atoms with Crippen molar-refractivity contribution in [2.45, 2.75) is 4.90 Å². The predicted octanol–water partition coefficient (Wildman–Crippen LogP) is 2.99. The molecule has 0 aromatic heterocycles. The van der Waals surface area contributed by atoms with Gasteiger partial charge >= 0.3 is 10.1 Å². The minimum atomic E-state index is -4.02. The second kappa shape index (κ2) is 6.04. The van der Waals surface area contributed by atoms with Crippen LogP contribution in [0.3, 0.4) is 0 Å². The molecule has 0 aliphatic carbocycles. The van der Waals surface area contributed by atoms with Gasteiger partial charge in [-0.2, -0.15) is 13.7 Å². The average molecular weight is 324 g/mol. The van der Waals surface area contributed by atoms with E-state index in [1.165, 1.54) is 37.4 Å². The molecule has 0 atom stereocenters. The first kappa shape index (κ1) is 15.2. The van der Waals surface area contributed by atoms with Gasteiger partial charge in [-0.05, 0) is 42.5 Å². The first-order valence-electron chi connectivity index (χ1n) is 5.74. The van der Waals surface area contributed by atoms with Gasteiger partial charge < -0.3 is 8.92 Å². The fraction of sp³-hybridized carbons (Fsp3) is 0.0714. The van der Waals surface area contributed by atoms with Crippen molar-refractivity contribution in [1.82, 2.24) is 0 Å². The lowest BCUT2D eigenvalue weighted by molar-refractivity contribution is 0.413. The highest BCUT2D eigenvalue weighted by Crippen LogP contribution is 2.24. The normalized spacial score (nSPS) is 10.7. The first-order chi connectivity index (χ1) is 9.96. The number of rotatable bonds is 4. The second-order valence-electron chi connectivity index (χ2n) is 3.97. The van der Waals surface area contributed by atoms with Gasteiger partial charge in [-0.15, -0.1) is 0 Å². The highest BCUT2D eigenvalue weighted by Gasteiger charge is 2.18. The van der Waals surface area contributed by atoms with E-state index in [0.717, 1.165) is 0 Å². The zero-order valence-corrected chi connectivity index (χ0v) is 12.5. The van der Waals surface area contributed by atoms with Crippen LogP contribution in [0.1, 0.15) is 5.56 Å². The summed E-state index contributed by atoms with van der Waals surface area (Å²) in [7, 11) is -2.51. The standard InChI is InChI=1S/C14H10ClNO4S/c1-19-11-3-5-12(6-4-11)20-21(17,18)13-7-2-10(9-16)14(15)8-13/h2-8H,1H3. The van der Waals surface area contributed by atoms with E-state index in [1.54, 1.807) is 12.1 Å². The number of nitrogens with zero attached hydrogens (tertiary/aromatic N) is 1. The van der Waals surface area contributed by atoms with E-state index < -0.39 is 10.1 Å². The maximum absolute atomic E-state index is 12.1. The zero-order chi connectivity index (χ0) is 15.5. The molecule has 0 aliphatic rings. The quantitative estimate of drug-likeness (QED) is 0.808. The number of benzene rings is 2. The maximum atomic E-state index is 12.1. The number of nitriles is 1. The summed E-state index contributed by atoms with van der Waals surface area (Å²) >= 11 is 5.82. The highest BCUT2D eigenvalue weighted by atomic mass is 35.5. The van der Waals surface area contributed by atoms with Gasteiger partial charge in [0.1, 0.15) is 22.5 Å². The number of methoxy groups -OCH3 is 1. The Morgan fingerprint density at radius 1 is 1.10 bits per heavy atom. The van der Waals surface area contributed by atoms with E-state index in [-0.39, 0.29) is 21.2 Å². The Morgan fingerprint density at radius 2 is 1.71 bits per heavy atom. The van der Waals surface area contributed by atoms with Crippen LogP contribution in [0.5, 0.6) is 11.5 Å². The van der Waals surface area contributed by atoms with Crippen molar-refractivity contribution in [3.05, 3.63) is 53.1 Å². The molecule has 0 amide bonds. The van der Waals surface area contributed by atoms with Gasteiger partial charge in [0.05, 0.1) is 17.7 Å². The van der Waals surface area contributed by atoms with Crippen molar-refractivity contribution in [1.29, 1.82) is 5.26 Å². The van der Waals surface area contributed by atoms with Crippen molar-refractivity contribution < 1.29 is 17.3 Å². The minimum Gasteiger partial charge on any atom is -0.497 e. The van der Waals surface area contributed by atoms with E-state index in [2.05, 4.69) is 0 Å². The molecule has 0 spiro atoms. The number of hydrogen-bond acceptors (Lipinski definition) is 5. The molecule has 7 heteroatoms. The van der Waals surface area contributed by atoms with Crippen LogP contribution in [0.15, 0.2) is 47.4 Å². The Labute approximate surface area is 127 Å². The molecule has 0 saturated carbocycles. The van der Waals surface area contributed by atoms with Crippen molar-refractivity contribution in [3.63, 3.8) is 0 Å². The fourth-order valence-electron chi connectivity index (χ4n) is 1.55. The molecule has 0 N–H and O–H groups in total. The van der Waals surface area contributed by atoms with Gasteiger partial charge in [0.25, 0.3) is 0 Å².